The molecular weight excluding hydrogens is 328 g/mol. The first-order valence-electron chi connectivity index (χ1n) is 8.93. The average Bonchev–Trinajstić information content (AvgIpc) is 2.62. The number of amides is 2. The number of rotatable bonds is 8. The number of hydrogen-bond acceptors (Lipinski definition) is 3. The van der Waals surface area contributed by atoms with E-state index in [1.807, 2.05) is 37.3 Å². The maximum Gasteiger partial charge on any atom is 0.319 e. The topological polar surface area (TPSA) is 59.6 Å². The number of carbonyl (C=O) groups excluding carboxylic acids is 1. The third kappa shape index (κ3) is 5.99. The number of carbonyl (C=O) groups is 1. The molecule has 0 aliphatic rings. The Morgan fingerprint density at radius 3 is 2.42 bits per heavy atom. The Morgan fingerprint density at radius 1 is 1.04 bits per heavy atom. The minimum atomic E-state index is -0.264. The maximum absolute atomic E-state index is 12.3. The predicted octanol–water partition coefficient (Wildman–Crippen LogP) is 5.00. The van der Waals surface area contributed by atoms with Gasteiger partial charge in [-0.25, -0.2) is 4.79 Å². The van der Waals surface area contributed by atoms with Crippen LogP contribution in [-0.4, -0.2) is 19.7 Å². The molecule has 2 aromatic rings. The van der Waals surface area contributed by atoms with Gasteiger partial charge in [0.25, 0.3) is 0 Å². The van der Waals surface area contributed by atoms with Gasteiger partial charge < -0.3 is 20.1 Å². The first kappa shape index (κ1) is 19.6. The SMILES string of the molecule is COc1ccc(NC(=O)N[C@@H](C)c2ccccc2)cc1OCCC(C)C. The van der Waals surface area contributed by atoms with E-state index < -0.39 is 0 Å². The molecule has 0 spiro atoms. The van der Waals surface area contributed by atoms with Crippen molar-refractivity contribution < 1.29 is 14.3 Å². The first-order chi connectivity index (χ1) is 12.5. The van der Waals surface area contributed by atoms with Gasteiger partial charge in [-0.1, -0.05) is 44.2 Å². The van der Waals surface area contributed by atoms with Gasteiger partial charge in [0, 0.05) is 11.8 Å². The standard InChI is InChI=1S/C21H28N2O3/c1-15(2)12-13-26-20-14-18(10-11-19(20)25-4)23-21(24)22-16(3)17-8-6-5-7-9-17/h5-11,14-16H,12-13H2,1-4H3,(H2,22,23,24)/t16-/m0/s1. The van der Waals surface area contributed by atoms with Crippen LogP contribution in [0.15, 0.2) is 48.5 Å². The molecule has 0 saturated heterocycles. The zero-order valence-corrected chi connectivity index (χ0v) is 15.9. The van der Waals surface area contributed by atoms with Gasteiger partial charge in [0.15, 0.2) is 11.5 Å². The minimum Gasteiger partial charge on any atom is -0.493 e. The zero-order chi connectivity index (χ0) is 18.9. The van der Waals surface area contributed by atoms with Crippen molar-refractivity contribution in [3.8, 4) is 11.5 Å². The van der Waals surface area contributed by atoms with Gasteiger partial charge in [-0.3, -0.25) is 0 Å². The van der Waals surface area contributed by atoms with Crippen LogP contribution in [0.1, 0.15) is 38.8 Å². The molecule has 0 radical (unpaired) electrons. The number of ether oxygens (including phenoxy) is 2. The van der Waals surface area contributed by atoms with Gasteiger partial charge in [0.1, 0.15) is 0 Å². The summed E-state index contributed by atoms with van der Waals surface area (Å²) in [6.45, 7) is 6.85. The summed E-state index contributed by atoms with van der Waals surface area (Å²) in [5.41, 5.74) is 1.71. The highest BCUT2D eigenvalue weighted by Gasteiger charge is 2.11. The molecule has 2 N–H and O–H groups in total. The molecule has 0 saturated carbocycles. The monoisotopic (exact) mass is 356 g/mol. The Kier molecular flexibility index (Phi) is 7.33. The first-order valence-corrected chi connectivity index (χ1v) is 8.93. The van der Waals surface area contributed by atoms with E-state index in [-0.39, 0.29) is 12.1 Å². The molecule has 26 heavy (non-hydrogen) atoms. The van der Waals surface area contributed by atoms with Crippen LogP contribution in [-0.2, 0) is 0 Å². The summed E-state index contributed by atoms with van der Waals surface area (Å²) in [6.07, 6.45) is 0.954. The number of anilines is 1. The van der Waals surface area contributed by atoms with Gasteiger partial charge in [-0.05, 0) is 37.0 Å². The largest absolute Gasteiger partial charge is 0.493 e. The fourth-order valence-electron chi connectivity index (χ4n) is 2.46. The minimum absolute atomic E-state index is 0.0868. The molecule has 0 fully saturated rings. The molecule has 0 bridgehead atoms. The third-order valence-electron chi connectivity index (χ3n) is 4.02. The Balaban J connectivity index is 1.98. The molecule has 0 aliphatic heterocycles. The van der Waals surface area contributed by atoms with Crippen LogP contribution in [0.5, 0.6) is 11.5 Å². The molecule has 5 nitrogen and oxygen atoms in total. The van der Waals surface area contributed by atoms with E-state index in [1.165, 1.54) is 0 Å². The van der Waals surface area contributed by atoms with Crippen LogP contribution in [0, 0.1) is 5.92 Å². The molecule has 5 heteroatoms. The number of benzene rings is 2. The van der Waals surface area contributed by atoms with E-state index in [2.05, 4.69) is 24.5 Å². The Hall–Kier alpha value is -2.69. The summed E-state index contributed by atoms with van der Waals surface area (Å²) in [6, 6.07) is 14.8. The van der Waals surface area contributed by atoms with Gasteiger partial charge >= 0.3 is 6.03 Å². The van der Waals surface area contributed by atoms with Crippen LogP contribution in [0.4, 0.5) is 10.5 Å². The van der Waals surface area contributed by atoms with E-state index in [4.69, 9.17) is 9.47 Å². The fourth-order valence-corrected chi connectivity index (χ4v) is 2.46. The van der Waals surface area contributed by atoms with Crippen LogP contribution >= 0.6 is 0 Å². The molecule has 2 amide bonds. The summed E-state index contributed by atoms with van der Waals surface area (Å²) in [5.74, 6) is 1.84. The van der Waals surface area contributed by atoms with Crippen LogP contribution in [0.25, 0.3) is 0 Å². The lowest BCUT2D eigenvalue weighted by atomic mass is 10.1. The van der Waals surface area contributed by atoms with E-state index in [0.29, 0.717) is 29.7 Å². The molecule has 0 heterocycles. The van der Waals surface area contributed by atoms with Gasteiger partial charge in [0.2, 0.25) is 0 Å². The van der Waals surface area contributed by atoms with Crippen molar-refractivity contribution in [3.63, 3.8) is 0 Å². The lowest BCUT2D eigenvalue weighted by molar-refractivity contribution is 0.249. The predicted molar refractivity (Wildman–Crippen MR) is 105 cm³/mol. The lowest BCUT2D eigenvalue weighted by Crippen LogP contribution is -2.31. The molecule has 1 atom stereocenters. The highest BCUT2D eigenvalue weighted by atomic mass is 16.5. The molecule has 0 aromatic heterocycles. The van der Waals surface area contributed by atoms with Gasteiger partial charge in [0.05, 0.1) is 19.8 Å². The van der Waals surface area contributed by atoms with Crippen molar-refractivity contribution in [2.45, 2.75) is 33.2 Å². The van der Waals surface area contributed by atoms with E-state index in [9.17, 15) is 4.79 Å². The lowest BCUT2D eigenvalue weighted by Gasteiger charge is -2.16. The fraction of sp³-hybridized carbons (Fsp3) is 0.381. The Labute approximate surface area is 155 Å². The van der Waals surface area contributed by atoms with E-state index in [0.717, 1.165) is 12.0 Å². The number of nitrogens with one attached hydrogen (secondary N) is 2. The quantitative estimate of drug-likeness (QED) is 0.699. The number of methoxy groups -OCH3 is 1. The second-order valence-corrected chi connectivity index (χ2v) is 6.63. The smallest absolute Gasteiger partial charge is 0.319 e. The van der Waals surface area contributed by atoms with E-state index in [1.54, 1.807) is 25.3 Å². The highest BCUT2D eigenvalue weighted by Crippen LogP contribution is 2.30. The summed E-state index contributed by atoms with van der Waals surface area (Å²) in [4.78, 5) is 12.3. The van der Waals surface area contributed by atoms with Crippen molar-refractivity contribution >= 4 is 11.7 Å². The molecule has 140 valence electrons. The van der Waals surface area contributed by atoms with Crippen molar-refractivity contribution in [2.75, 3.05) is 19.0 Å². The van der Waals surface area contributed by atoms with Crippen LogP contribution in [0.3, 0.4) is 0 Å². The average molecular weight is 356 g/mol. The summed E-state index contributed by atoms with van der Waals surface area (Å²) in [7, 11) is 1.60. The molecule has 0 unspecified atom stereocenters. The highest BCUT2D eigenvalue weighted by molar-refractivity contribution is 5.89. The Bertz CT molecular complexity index is 702. The number of urea groups is 1. The second-order valence-electron chi connectivity index (χ2n) is 6.63. The van der Waals surface area contributed by atoms with Crippen molar-refractivity contribution in [1.82, 2.24) is 5.32 Å². The molecule has 0 aliphatic carbocycles. The normalized spacial score (nSPS) is 11.7. The molecular formula is C21H28N2O3. The van der Waals surface area contributed by atoms with Crippen molar-refractivity contribution in [3.05, 3.63) is 54.1 Å². The zero-order valence-electron chi connectivity index (χ0n) is 15.9. The summed E-state index contributed by atoms with van der Waals surface area (Å²) in [5, 5.41) is 5.78. The number of hydrogen-bond donors (Lipinski definition) is 2. The maximum atomic E-state index is 12.3. The van der Waals surface area contributed by atoms with Crippen molar-refractivity contribution in [2.24, 2.45) is 5.92 Å². The summed E-state index contributed by atoms with van der Waals surface area (Å²) >= 11 is 0. The van der Waals surface area contributed by atoms with Gasteiger partial charge in [-0.2, -0.15) is 0 Å². The summed E-state index contributed by atoms with van der Waals surface area (Å²) < 4.78 is 11.1. The molecule has 2 aromatic carbocycles. The van der Waals surface area contributed by atoms with E-state index >= 15 is 0 Å². The van der Waals surface area contributed by atoms with Gasteiger partial charge in [-0.15, -0.1) is 0 Å². The Morgan fingerprint density at radius 2 is 1.77 bits per heavy atom. The third-order valence-corrected chi connectivity index (χ3v) is 4.02. The van der Waals surface area contributed by atoms with Crippen molar-refractivity contribution in [1.29, 1.82) is 0 Å². The van der Waals surface area contributed by atoms with Crippen LogP contribution in [0.2, 0.25) is 0 Å². The van der Waals surface area contributed by atoms with Crippen LogP contribution < -0.4 is 20.1 Å². The molecule has 2 rings (SSSR count). The second kappa shape index (κ2) is 9.70.